The number of benzene rings is 1. The zero-order chi connectivity index (χ0) is 19.9. The van der Waals surface area contributed by atoms with Crippen LogP contribution in [0, 0.1) is 5.92 Å². The van der Waals surface area contributed by atoms with Gasteiger partial charge >= 0.3 is 5.97 Å². The van der Waals surface area contributed by atoms with Crippen molar-refractivity contribution in [3.05, 3.63) is 47.3 Å². The quantitative estimate of drug-likeness (QED) is 0.614. The molecule has 3 atom stereocenters. The Kier molecular flexibility index (Phi) is 6.92. The molecule has 0 aliphatic heterocycles. The second-order valence-corrected chi connectivity index (χ2v) is 7.46. The maximum absolute atomic E-state index is 12.0. The Hall–Kier alpha value is -2.54. The largest absolute Gasteiger partial charge is 0.481 e. The molecular formula is C21H29N5O2. The summed E-state index contributed by atoms with van der Waals surface area (Å²) in [7, 11) is 2.01. The molecule has 2 aromatic rings. The van der Waals surface area contributed by atoms with Gasteiger partial charge in [0.1, 0.15) is 0 Å². The van der Waals surface area contributed by atoms with Crippen LogP contribution in [0.15, 0.2) is 30.3 Å². The number of H-pyrrole nitrogens is 1. The van der Waals surface area contributed by atoms with Gasteiger partial charge in [-0.2, -0.15) is 5.21 Å². The lowest BCUT2D eigenvalue weighted by molar-refractivity contribution is -0.142. The summed E-state index contributed by atoms with van der Waals surface area (Å²) in [5.41, 5.74) is 3.70. The van der Waals surface area contributed by atoms with E-state index in [-0.39, 0.29) is 5.92 Å². The lowest BCUT2D eigenvalue weighted by Crippen LogP contribution is -2.27. The first-order valence-electron chi connectivity index (χ1n) is 10.0. The molecule has 0 amide bonds. The van der Waals surface area contributed by atoms with Crippen molar-refractivity contribution < 1.29 is 9.90 Å². The molecule has 1 aromatic heterocycles. The number of aromatic amines is 1. The van der Waals surface area contributed by atoms with Crippen molar-refractivity contribution in [2.75, 3.05) is 7.05 Å². The fourth-order valence-corrected chi connectivity index (χ4v) is 4.14. The van der Waals surface area contributed by atoms with Gasteiger partial charge in [0, 0.05) is 12.0 Å². The lowest BCUT2D eigenvalue weighted by atomic mass is 9.80. The third kappa shape index (κ3) is 4.65. The van der Waals surface area contributed by atoms with Crippen molar-refractivity contribution in [1.29, 1.82) is 0 Å². The molecule has 7 nitrogen and oxygen atoms in total. The van der Waals surface area contributed by atoms with Crippen LogP contribution in [-0.2, 0) is 11.2 Å². The Balaban J connectivity index is 1.92. The van der Waals surface area contributed by atoms with E-state index in [1.165, 1.54) is 11.1 Å². The average Bonchev–Trinajstić information content (AvgIpc) is 3.25. The van der Waals surface area contributed by atoms with E-state index in [9.17, 15) is 9.90 Å². The van der Waals surface area contributed by atoms with Gasteiger partial charge < -0.3 is 10.4 Å². The van der Waals surface area contributed by atoms with E-state index in [2.05, 4.69) is 44.1 Å². The molecule has 0 saturated carbocycles. The van der Waals surface area contributed by atoms with Crippen molar-refractivity contribution in [1.82, 2.24) is 25.9 Å². The Morgan fingerprint density at radius 1 is 1.39 bits per heavy atom. The van der Waals surface area contributed by atoms with E-state index in [0.29, 0.717) is 24.7 Å². The van der Waals surface area contributed by atoms with E-state index < -0.39 is 11.9 Å². The number of carboxylic acid groups (broad SMARTS) is 1. The highest BCUT2D eigenvalue weighted by atomic mass is 16.4. The molecule has 3 N–H and O–H groups in total. The molecule has 28 heavy (non-hydrogen) atoms. The fraction of sp³-hybridized carbons (Fsp3) is 0.524. The van der Waals surface area contributed by atoms with Gasteiger partial charge in [-0.25, -0.2) is 0 Å². The van der Waals surface area contributed by atoms with Crippen LogP contribution in [0.1, 0.15) is 61.9 Å². The number of rotatable bonds is 9. The zero-order valence-electron chi connectivity index (χ0n) is 16.6. The van der Waals surface area contributed by atoms with Crippen molar-refractivity contribution in [3.63, 3.8) is 0 Å². The minimum atomic E-state index is -0.803. The summed E-state index contributed by atoms with van der Waals surface area (Å²) in [6, 6.07) is 8.83. The summed E-state index contributed by atoms with van der Waals surface area (Å²) >= 11 is 0. The molecule has 1 aliphatic carbocycles. The van der Waals surface area contributed by atoms with Crippen LogP contribution in [0.3, 0.4) is 0 Å². The predicted octanol–water partition coefficient (Wildman–Crippen LogP) is 3.18. The van der Waals surface area contributed by atoms with E-state index >= 15 is 0 Å². The van der Waals surface area contributed by atoms with Crippen molar-refractivity contribution >= 4 is 11.5 Å². The van der Waals surface area contributed by atoms with Crippen LogP contribution < -0.4 is 5.32 Å². The molecule has 0 fully saturated rings. The van der Waals surface area contributed by atoms with E-state index in [1.54, 1.807) is 0 Å². The number of hydrogen-bond donors (Lipinski definition) is 3. The smallest absolute Gasteiger partial charge is 0.307 e. The molecule has 1 unspecified atom stereocenters. The van der Waals surface area contributed by atoms with Crippen LogP contribution in [0.25, 0.3) is 5.57 Å². The standard InChI is InChI=1S/C21H29N5O2/c1-3-6-18(21(27)28)19(20-23-25-26-24-20)13-15-7-4-5-8-17(15)14-9-11-16(22-2)12-10-14/h4-5,7-9,16,18-19,22H,3,6,10-13H2,1-2H3,(H,27,28)(H,23,24,25,26)/t16?,18-,19-/m0/s1. The zero-order valence-corrected chi connectivity index (χ0v) is 16.6. The summed E-state index contributed by atoms with van der Waals surface area (Å²) in [6.45, 7) is 2.00. The minimum Gasteiger partial charge on any atom is -0.481 e. The summed E-state index contributed by atoms with van der Waals surface area (Å²) in [4.78, 5) is 12.0. The Bertz CT molecular complexity index is 803. The third-order valence-corrected chi connectivity index (χ3v) is 5.72. The Morgan fingerprint density at radius 3 is 2.82 bits per heavy atom. The van der Waals surface area contributed by atoms with Crippen molar-refractivity contribution in [3.8, 4) is 0 Å². The van der Waals surface area contributed by atoms with Gasteiger partial charge in [-0.3, -0.25) is 4.79 Å². The molecule has 3 rings (SSSR count). The van der Waals surface area contributed by atoms with Crippen LogP contribution in [0.2, 0.25) is 0 Å². The summed E-state index contributed by atoms with van der Waals surface area (Å²) in [6.07, 6.45) is 7.42. The number of hydrogen-bond acceptors (Lipinski definition) is 5. The highest BCUT2D eigenvalue weighted by molar-refractivity contribution is 5.72. The van der Waals surface area contributed by atoms with Gasteiger partial charge in [0.25, 0.3) is 0 Å². The maximum Gasteiger partial charge on any atom is 0.307 e. The molecule has 7 heteroatoms. The first-order chi connectivity index (χ1) is 13.6. The number of carbonyl (C=O) groups is 1. The van der Waals surface area contributed by atoms with Crippen molar-refractivity contribution in [2.45, 2.75) is 57.4 Å². The van der Waals surface area contributed by atoms with E-state index in [0.717, 1.165) is 31.2 Å². The first kappa shape index (κ1) is 20.2. The third-order valence-electron chi connectivity index (χ3n) is 5.72. The highest BCUT2D eigenvalue weighted by Gasteiger charge is 2.32. The SMILES string of the molecule is CCC[C@H](C(=O)O)[C@H](Cc1ccccc1C1=CCC(NC)CC1)c1nn[nH]n1. The summed E-state index contributed by atoms with van der Waals surface area (Å²) < 4.78 is 0. The van der Waals surface area contributed by atoms with Crippen LogP contribution in [0.4, 0.5) is 0 Å². The fourth-order valence-electron chi connectivity index (χ4n) is 4.14. The van der Waals surface area contributed by atoms with Gasteiger partial charge in [0.2, 0.25) is 0 Å². The summed E-state index contributed by atoms with van der Waals surface area (Å²) in [5.74, 6) is -1.18. The molecule has 1 aliphatic rings. The van der Waals surface area contributed by atoms with E-state index in [4.69, 9.17) is 0 Å². The second-order valence-electron chi connectivity index (χ2n) is 7.46. The number of carboxylic acids is 1. The molecule has 150 valence electrons. The summed E-state index contributed by atoms with van der Waals surface area (Å²) in [5, 5.41) is 27.6. The first-order valence-corrected chi connectivity index (χ1v) is 10.0. The number of aliphatic carboxylic acids is 1. The van der Waals surface area contributed by atoms with Crippen LogP contribution in [-0.4, -0.2) is 44.8 Å². The number of allylic oxidation sites excluding steroid dienone is 1. The molecule has 0 saturated heterocycles. The second kappa shape index (κ2) is 9.59. The Labute approximate surface area is 165 Å². The van der Waals surface area contributed by atoms with Crippen LogP contribution in [0.5, 0.6) is 0 Å². The molecule has 1 heterocycles. The number of aromatic nitrogens is 4. The lowest BCUT2D eigenvalue weighted by Gasteiger charge is -2.25. The molecule has 1 aromatic carbocycles. The molecule has 0 radical (unpaired) electrons. The van der Waals surface area contributed by atoms with E-state index in [1.807, 2.05) is 26.1 Å². The van der Waals surface area contributed by atoms with Gasteiger partial charge in [-0.15, -0.1) is 10.2 Å². The van der Waals surface area contributed by atoms with Crippen LogP contribution >= 0.6 is 0 Å². The maximum atomic E-state index is 12.0. The molecule has 0 bridgehead atoms. The number of tetrazole rings is 1. The predicted molar refractivity (Wildman–Crippen MR) is 108 cm³/mol. The number of nitrogens with one attached hydrogen (secondary N) is 2. The normalized spacial score (nSPS) is 19.1. The van der Waals surface area contributed by atoms with Gasteiger partial charge in [0.15, 0.2) is 5.82 Å². The van der Waals surface area contributed by atoms with Gasteiger partial charge in [0.05, 0.1) is 5.92 Å². The minimum absolute atomic E-state index is 0.313. The topological polar surface area (TPSA) is 104 Å². The monoisotopic (exact) mass is 383 g/mol. The van der Waals surface area contributed by atoms with Gasteiger partial charge in [-0.1, -0.05) is 48.9 Å². The van der Waals surface area contributed by atoms with Crippen molar-refractivity contribution in [2.24, 2.45) is 5.92 Å². The number of nitrogens with zero attached hydrogens (tertiary/aromatic N) is 3. The highest BCUT2D eigenvalue weighted by Crippen LogP contribution is 2.34. The van der Waals surface area contributed by atoms with Gasteiger partial charge in [-0.05, 0) is 55.9 Å². The Morgan fingerprint density at radius 2 is 2.21 bits per heavy atom. The molecular weight excluding hydrogens is 354 g/mol. The average molecular weight is 383 g/mol. The molecule has 0 spiro atoms.